The van der Waals surface area contributed by atoms with Crippen LogP contribution in [0, 0.1) is 0 Å². The zero-order valence-electron chi connectivity index (χ0n) is 12.4. The molecule has 0 unspecified atom stereocenters. The molecule has 4 nitrogen and oxygen atoms in total. The van der Waals surface area contributed by atoms with Crippen LogP contribution in [0.5, 0.6) is 0 Å². The molecule has 3 rings (SSSR count). The number of hydrogen-bond donors (Lipinski definition) is 2. The summed E-state index contributed by atoms with van der Waals surface area (Å²) in [6.07, 6.45) is 0. The van der Waals surface area contributed by atoms with Crippen molar-refractivity contribution in [3.8, 4) is 0 Å². The zero-order valence-corrected chi connectivity index (χ0v) is 12.4. The fourth-order valence-electron chi connectivity index (χ4n) is 3.03. The Balaban J connectivity index is 1.85. The molecule has 1 aliphatic heterocycles. The Hall–Kier alpha value is -2.17. The van der Waals surface area contributed by atoms with Gasteiger partial charge in [-0.1, -0.05) is 48.5 Å². The van der Waals surface area contributed by atoms with E-state index in [1.54, 1.807) is 12.1 Å². The Kier molecular flexibility index (Phi) is 4.51. The number of benzene rings is 2. The van der Waals surface area contributed by atoms with Crippen molar-refractivity contribution in [3.05, 3.63) is 71.3 Å². The summed E-state index contributed by atoms with van der Waals surface area (Å²) in [6.45, 7) is 3.38. The number of hydrogen-bond acceptors (Lipinski definition) is 3. The van der Waals surface area contributed by atoms with Crippen LogP contribution in [-0.2, 0) is 6.54 Å². The molecule has 4 heteroatoms. The number of rotatable bonds is 4. The minimum Gasteiger partial charge on any atom is -0.478 e. The van der Waals surface area contributed by atoms with E-state index in [4.69, 9.17) is 0 Å². The lowest BCUT2D eigenvalue weighted by Crippen LogP contribution is -2.45. The molecular weight excluding hydrogens is 276 g/mol. The number of carbonyl (C=O) groups is 1. The molecule has 1 heterocycles. The quantitative estimate of drug-likeness (QED) is 0.910. The van der Waals surface area contributed by atoms with E-state index in [9.17, 15) is 9.90 Å². The van der Waals surface area contributed by atoms with E-state index in [-0.39, 0.29) is 6.04 Å². The Labute approximate surface area is 130 Å². The first-order chi connectivity index (χ1) is 10.8. The topological polar surface area (TPSA) is 52.6 Å². The molecule has 1 fully saturated rings. The largest absolute Gasteiger partial charge is 0.478 e. The molecule has 114 valence electrons. The number of nitrogens with zero attached hydrogens (tertiary/aromatic N) is 1. The molecule has 0 radical (unpaired) electrons. The highest BCUT2D eigenvalue weighted by molar-refractivity contribution is 5.89. The van der Waals surface area contributed by atoms with Gasteiger partial charge in [0, 0.05) is 32.2 Å². The monoisotopic (exact) mass is 296 g/mol. The molecule has 0 aliphatic carbocycles. The second kappa shape index (κ2) is 6.73. The van der Waals surface area contributed by atoms with Crippen molar-refractivity contribution in [2.75, 3.05) is 19.6 Å². The standard InChI is InChI=1S/C18H20N2O2/c21-18(22)16-9-5-4-8-15(16)13-20-11-10-19-12-17(20)14-6-2-1-3-7-14/h1-9,17,19H,10-13H2,(H,21,22)/t17-/m1/s1. The lowest BCUT2D eigenvalue weighted by Gasteiger charge is -2.36. The van der Waals surface area contributed by atoms with Gasteiger partial charge >= 0.3 is 5.97 Å². The summed E-state index contributed by atoms with van der Waals surface area (Å²) in [4.78, 5) is 13.7. The van der Waals surface area contributed by atoms with Crippen molar-refractivity contribution in [3.63, 3.8) is 0 Å². The average Bonchev–Trinajstić information content (AvgIpc) is 2.56. The van der Waals surface area contributed by atoms with Crippen LogP contribution in [0.3, 0.4) is 0 Å². The Bertz CT molecular complexity index is 643. The van der Waals surface area contributed by atoms with Gasteiger partial charge in [0.25, 0.3) is 0 Å². The summed E-state index contributed by atoms with van der Waals surface area (Å²) < 4.78 is 0. The molecule has 2 aromatic carbocycles. The number of aromatic carboxylic acids is 1. The van der Waals surface area contributed by atoms with Crippen LogP contribution in [0.4, 0.5) is 0 Å². The number of piperazine rings is 1. The first-order valence-electron chi connectivity index (χ1n) is 7.56. The fourth-order valence-corrected chi connectivity index (χ4v) is 3.03. The molecule has 1 aliphatic rings. The highest BCUT2D eigenvalue weighted by atomic mass is 16.4. The van der Waals surface area contributed by atoms with Crippen LogP contribution in [-0.4, -0.2) is 35.6 Å². The van der Waals surface area contributed by atoms with Gasteiger partial charge in [-0.05, 0) is 17.2 Å². The minimum atomic E-state index is -0.859. The van der Waals surface area contributed by atoms with E-state index in [1.807, 2.05) is 30.3 Å². The van der Waals surface area contributed by atoms with Gasteiger partial charge in [0.05, 0.1) is 5.56 Å². The maximum atomic E-state index is 11.4. The molecular formula is C18H20N2O2. The van der Waals surface area contributed by atoms with Crippen LogP contribution in [0.25, 0.3) is 0 Å². The van der Waals surface area contributed by atoms with Crippen LogP contribution in [0.15, 0.2) is 54.6 Å². The van der Waals surface area contributed by atoms with Gasteiger partial charge < -0.3 is 10.4 Å². The predicted molar refractivity (Wildman–Crippen MR) is 85.9 cm³/mol. The smallest absolute Gasteiger partial charge is 0.336 e. The van der Waals surface area contributed by atoms with Crippen molar-refractivity contribution in [1.82, 2.24) is 10.2 Å². The summed E-state index contributed by atoms with van der Waals surface area (Å²) in [7, 11) is 0. The molecule has 2 N–H and O–H groups in total. The van der Waals surface area contributed by atoms with E-state index >= 15 is 0 Å². The molecule has 0 aromatic heterocycles. The van der Waals surface area contributed by atoms with Gasteiger partial charge in [0.1, 0.15) is 0 Å². The van der Waals surface area contributed by atoms with Gasteiger partial charge in [-0.2, -0.15) is 0 Å². The summed E-state index contributed by atoms with van der Waals surface area (Å²) in [5, 5.41) is 12.8. The lowest BCUT2D eigenvalue weighted by molar-refractivity contribution is 0.0693. The van der Waals surface area contributed by atoms with Crippen LogP contribution < -0.4 is 5.32 Å². The van der Waals surface area contributed by atoms with Crippen LogP contribution >= 0.6 is 0 Å². The zero-order chi connectivity index (χ0) is 15.4. The minimum absolute atomic E-state index is 0.275. The van der Waals surface area contributed by atoms with Crippen LogP contribution in [0.2, 0.25) is 0 Å². The van der Waals surface area contributed by atoms with Crippen molar-refractivity contribution in [2.45, 2.75) is 12.6 Å². The molecule has 0 spiro atoms. The summed E-state index contributed by atoms with van der Waals surface area (Å²) in [5.41, 5.74) is 2.54. The molecule has 2 aromatic rings. The van der Waals surface area contributed by atoms with E-state index in [2.05, 4.69) is 22.3 Å². The summed E-state index contributed by atoms with van der Waals surface area (Å²) in [5.74, 6) is -0.859. The first kappa shape index (κ1) is 14.8. The third-order valence-corrected chi connectivity index (χ3v) is 4.16. The third kappa shape index (κ3) is 3.18. The molecule has 0 saturated carbocycles. The summed E-state index contributed by atoms with van der Waals surface area (Å²) in [6, 6.07) is 17.9. The number of nitrogens with one attached hydrogen (secondary N) is 1. The SMILES string of the molecule is O=C(O)c1ccccc1CN1CCNC[C@@H]1c1ccccc1. The molecule has 1 saturated heterocycles. The van der Waals surface area contributed by atoms with Gasteiger partial charge in [0.15, 0.2) is 0 Å². The van der Waals surface area contributed by atoms with Gasteiger partial charge in [0.2, 0.25) is 0 Å². The molecule has 1 atom stereocenters. The van der Waals surface area contributed by atoms with Gasteiger partial charge in [-0.25, -0.2) is 4.79 Å². The second-order valence-electron chi connectivity index (χ2n) is 5.56. The molecule has 0 bridgehead atoms. The van der Waals surface area contributed by atoms with E-state index < -0.39 is 5.97 Å². The molecule has 22 heavy (non-hydrogen) atoms. The van der Waals surface area contributed by atoms with Gasteiger partial charge in [-0.15, -0.1) is 0 Å². The Morgan fingerprint density at radius 3 is 2.64 bits per heavy atom. The average molecular weight is 296 g/mol. The van der Waals surface area contributed by atoms with Crippen molar-refractivity contribution in [2.24, 2.45) is 0 Å². The number of carboxylic acid groups (broad SMARTS) is 1. The van der Waals surface area contributed by atoms with Crippen LogP contribution in [0.1, 0.15) is 27.5 Å². The Morgan fingerprint density at radius 1 is 1.14 bits per heavy atom. The fraction of sp³-hybridized carbons (Fsp3) is 0.278. The lowest BCUT2D eigenvalue weighted by atomic mass is 10.0. The summed E-state index contributed by atoms with van der Waals surface area (Å²) >= 11 is 0. The van der Waals surface area contributed by atoms with Crippen molar-refractivity contribution >= 4 is 5.97 Å². The van der Waals surface area contributed by atoms with E-state index in [1.165, 1.54) is 5.56 Å². The molecule has 0 amide bonds. The highest BCUT2D eigenvalue weighted by Crippen LogP contribution is 2.25. The van der Waals surface area contributed by atoms with E-state index in [0.717, 1.165) is 25.2 Å². The second-order valence-corrected chi connectivity index (χ2v) is 5.56. The predicted octanol–water partition coefficient (Wildman–Crippen LogP) is 2.53. The third-order valence-electron chi connectivity index (χ3n) is 4.16. The van der Waals surface area contributed by atoms with Crippen molar-refractivity contribution < 1.29 is 9.90 Å². The van der Waals surface area contributed by atoms with Crippen molar-refractivity contribution in [1.29, 1.82) is 0 Å². The Morgan fingerprint density at radius 2 is 1.86 bits per heavy atom. The number of carboxylic acids is 1. The van der Waals surface area contributed by atoms with Gasteiger partial charge in [-0.3, -0.25) is 4.90 Å². The maximum absolute atomic E-state index is 11.4. The maximum Gasteiger partial charge on any atom is 0.336 e. The van der Waals surface area contributed by atoms with E-state index in [0.29, 0.717) is 12.1 Å². The first-order valence-corrected chi connectivity index (χ1v) is 7.56. The highest BCUT2D eigenvalue weighted by Gasteiger charge is 2.24. The normalized spacial score (nSPS) is 19.0.